The molecular weight excluding hydrogens is 386 g/mol. The first kappa shape index (κ1) is 21.1. The Hall–Kier alpha value is -2.19. The molecule has 27 heavy (non-hydrogen) atoms. The molecule has 146 valence electrons. The summed E-state index contributed by atoms with van der Waals surface area (Å²) in [5.74, 6) is -0.978. The minimum atomic E-state index is -3.49. The molecule has 0 fully saturated rings. The molecule has 2 aromatic rings. The largest absolute Gasteiger partial charge is 0.462 e. The molecule has 0 aliphatic heterocycles. The van der Waals surface area contributed by atoms with Gasteiger partial charge in [0.2, 0.25) is 0 Å². The first-order chi connectivity index (χ1) is 12.6. The highest BCUT2D eigenvalue weighted by Crippen LogP contribution is 2.33. The van der Waals surface area contributed by atoms with E-state index >= 15 is 0 Å². The zero-order valence-electron chi connectivity index (χ0n) is 16.0. The van der Waals surface area contributed by atoms with Crippen molar-refractivity contribution in [3.8, 4) is 0 Å². The number of anilines is 1. The molecule has 0 radical (unpaired) electrons. The monoisotopic (exact) mass is 409 g/mol. The molecule has 0 saturated heterocycles. The molecule has 0 saturated carbocycles. The Morgan fingerprint density at radius 1 is 1.22 bits per heavy atom. The number of ether oxygens (including phenoxy) is 1. The van der Waals surface area contributed by atoms with E-state index < -0.39 is 27.0 Å². The van der Waals surface area contributed by atoms with Gasteiger partial charge in [0.1, 0.15) is 5.00 Å². The Balaban J connectivity index is 2.37. The Morgan fingerprint density at radius 3 is 2.48 bits per heavy atom. The number of benzene rings is 1. The molecule has 1 heterocycles. The maximum atomic E-state index is 12.7. The number of nitrogens with one attached hydrogen (secondary N) is 1. The van der Waals surface area contributed by atoms with Crippen LogP contribution in [0, 0.1) is 13.8 Å². The number of amides is 1. The van der Waals surface area contributed by atoms with Gasteiger partial charge in [0.15, 0.2) is 9.84 Å². The maximum absolute atomic E-state index is 12.7. The third-order valence-corrected chi connectivity index (χ3v) is 7.41. The van der Waals surface area contributed by atoms with E-state index in [1.54, 1.807) is 27.7 Å². The van der Waals surface area contributed by atoms with Crippen molar-refractivity contribution >= 4 is 38.1 Å². The number of carbonyl (C=O) groups excluding carboxylic acids is 2. The van der Waals surface area contributed by atoms with Crippen LogP contribution in [-0.4, -0.2) is 32.2 Å². The maximum Gasteiger partial charge on any atom is 0.341 e. The van der Waals surface area contributed by atoms with Gasteiger partial charge in [0.05, 0.1) is 22.3 Å². The van der Waals surface area contributed by atoms with Gasteiger partial charge in [-0.15, -0.1) is 11.3 Å². The van der Waals surface area contributed by atoms with Crippen LogP contribution in [0.3, 0.4) is 0 Å². The van der Waals surface area contributed by atoms with Gasteiger partial charge >= 0.3 is 5.97 Å². The zero-order valence-corrected chi connectivity index (χ0v) is 17.6. The van der Waals surface area contributed by atoms with Crippen LogP contribution in [-0.2, 0) is 14.6 Å². The lowest BCUT2D eigenvalue weighted by Crippen LogP contribution is -2.17. The minimum Gasteiger partial charge on any atom is -0.462 e. The van der Waals surface area contributed by atoms with Gasteiger partial charge in [0.25, 0.3) is 5.91 Å². The van der Waals surface area contributed by atoms with Gasteiger partial charge in [0, 0.05) is 10.4 Å². The zero-order chi connectivity index (χ0) is 20.4. The van der Waals surface area contributed by atoms with E-state index in [0.29, 0.717) is 10.6 Å². The molecule has 0 spiro atoms. The number of rotatable bonds is 6. The molecule has 1 aromatic heterocycles. The highest BCUT2D eigenvalue weighted by Gasteiger charge is 2.24. The Bertz CT molecular complexity index is 974. The number of hydrogen-bond acceptors (Lipinski definition) is 6. The molecule has 2 rings (SSSR count). The standard InChI is InChI=1S/C19H23NO5S2/c1-6-25-19(22)16-12(4)13(5)26-18(16)20-17(21)14-8-7-9-15(10-14)27(23,24)11(2)3/h7-11H,6H2,1-5H3,(H,20,21). The van der Waals surface area contributed by atoms with Crippen molar-refractivity contribution in [2.45, 2.75) is 44.8 Å². The molecular formula is C19H23NO5S2. The summed E-state index contributed by atoms with van der Waals surface area (Å²) in [6.45, 7) is 8.77. The lowest BCUT2D eigenvalue weighted by atomic mass is 10.1. The third kappa shape index (κ3) is 4.39. The van der Waals surface area contributed by atoms with E-state index in [0.717, 1.165) is 10.4 Å². The summed E-state index contributed by atoms with van der Waals surface area (Å²) in [7, 11) is -3.49. The third-order valence-electron chi connectivity index (χ3n) is 4.14. The van der Waals surface area contributed by atoms with Crippen molar-refractivity contribution in [2.24, 2.45) is 0 Å². The SMILES string of the molecule is CCOC(=O)c1c(NC(=O)c2cccc(S(=O)(=O)C(C)C)c2)sc(C)c1C. The van der Waals surface area contributed by atoms with Crippen LogP contribution in [0.15, 0.2) is 29.2 Å². The fraction of sp³-hybridized carbons (Fsp3) is 0.368. The second-order valence-electron chi connectivity index (χ2n) is 6.28. The summed E-state index contributed by atoms with van der Waals surface area (Å²) in [6, 6.07) is 5.88. The topological polar surface area (TPSA) is 89.5 Å². The summed E-state index contributed by atoms with van der Waals surface area (Å²) in [6.07, 6.45) is 0. The molecule has 8 heteroatoms. The van der Waals surface area contributed by atoms with Crippen LogP contribution < -0.4 is 5.32 Å². The fourth-order valence-corrected chi connectivity index (χ4v) is 4.57. The lowest BCUT2D eigenvalue weighted by molar-refractivity contribution is 0.0527. The average molecular weight is 410 g/mol. The Kier molecular flexibility index (Phi) is 6.43. The highest BCUT2D eigenvalue weighted by molar-refractivity contribution is 7.92. The van der Waals surface area contributed by atoms with E-state index in [1.165, 1.54) is 35.6 Å². The van der Waals surface area contributed by atoms with Crippen LogP contribution in [0.2, 0.25) is 0 Å². The Morgan fingerprint density at radius 2 is 1.89 bits per heavy atom. The van der Waals surface area contributed by atoms with E-state index in [9.17, 15) is 18.0 Å². The predicted octanol–water partition coefficient (Wildman–Crippen LogP) is 3.98. The summed E-state index contributed by atoms with van der Waals surface area (Å²) >= 11 is 1.28. The lowest BCUT2D eigenvalue weighted by Gasteiger charge is -2.10. The first-order valence-electron chi connectivity index (χ1n) is 8.52. The van der Waals surface area contributed by atoms with Gasteiger partial charge in [-0.05, 0) is 58.4 Å². The van der Waals surface area contributed by atoms with Crippen molar-refractivity contribution in [3.05, 3.63) is 45.8 Å². The van der Waals surface area contributed by atoms with Gasteiger partial charge < -0.3 is 10.1 Å². The van der Waals surface area contributed by atoms with Crippen LogP contribution >= 0.6 is 11.3 Å². The minimum absolute atomic E-state index is 0.0920. The normalized spacial score (nSPS) is 11.5. The van der Waals surface area contributed by atoms with Crippen LogP contribution in [0.1, 0.15) is 51.9 Å². The quantitative estimate of drug-likeness (QED) is 0.729. The molecule has 0 aliphatic rings. The highest BCUT2D eigenvalue weighted by atomic mass is 32.2. The smallest absolute Gasteiger partial charge is 0.341 e. The number of esters is 1. The van der Waals surface area contributed by atoms with Gasteiger partial charge in [-0.3, -0.25) is 4.79 Å². The van der Waals surface area contributed by atoms with Crippen LogP contribution in [0.4, 0.5) is 5.00 Å². The van der Waals surface area contributed by atoms with Crippen molar-refractivity contribution in [2.75, 3.05) is 11.9 Å². The number of carbonyl (C=O) groups is 2. The molecule has 1 N–H and O–H groups in total. The predicted molar refractivity (Wildman–Crippen MR) is 106 cm³/mol. The first-order valence-corrected chi connectivity index (χ1v) is 10.9. The second-order valence-corrected chi connectivity index (χ2v) is 10.0. The molecule has 1 amide bonds. The van der Waals surface area contributed by atoms with E-state index in [-0.39, 0.29) is 17.1 Å². The number of sulfone groups is 1. The van der Waals surface area contributed by atoms with Crippen molar-refractivity contribution < 1.29 is 22.7 Å². The molecule has 6 nitrogen and oxygen atoms in total. The summed E-state index contributed by atoms with van der Waals surface area (Å²) in [4.78, 5) is 25.9. The Labute approximate surface area is 163 Å². The fourth-order valence-electron chi connectivity index (χ4n) is 2.43. The molecule has 0 atom stereocenters. The number of hydrogen-bond donors (Lipinski definition) is 1. The van der Waals surface area contributed by atoms with Crippen molar-refractivity contribution in [1.29, 1.82) is 0 Å². The van der Waals surface area contributed by atoms with Gasteiger partial charge in [-0.1, -0.05) is 6.07 Å². The van der Waals surface area contributed by atoms with Gasteiger partial charge in [-0.25, -0.2) is 13.2 Å². The summed E-state index contributed by atoms with van der Waals surface area (Å²) in [5.41, 5.74) is 1.29. The molecule has 0 bridgehead atoms. The number of aryl methyl sites for hydroxylation is 1. The van der Waals surface area contributed by atoms with Crippen molar-refractivity contribution in [3.63, 3.8) is 0 Å². The summed E-state index contributed by atoms with van der Waals surface area (Å²) in [5, 5.41) is 2.52. The summed E-state index contributed by atoms with van der Waals surface area (Å²) < 4.78 is 29.8. The van der Waals surface area contributed by atoms with Gasteiger partial charge in [-0.2, -0.15) is 0 Å². The van der Waals surface area contributed by atoms with Crippen LogP contribution in [0.5, 0.6) is 0 Å². The van der Waals surface area contributed by atoms with Crippen molar-refractivity contribution in [1.82, 2.24) is 0 Å². The number of thiophene rings is 1. The van der Waals surface area contributed by atoms with E-state index in [2.05, 4.69) is 5.32 Å². The molecule has 0 aliphatic carbocycles. The van der Waals surface area contributed by atoms with Crippen LogP contribution in [0.25, 0.3) is 0 Å². The second kappa shape index (κ2) is 8.22. The molecule has 0 unspecified atom stereocenters. The van der Waals surface area contributed by atoms with E-state index in [4.69, 9.17) is 4.74 Å². The molecule has 1 aromatic carbocycles. The van der Waals surface area contributed by atoms with E-state index in [1.807, 2.05) is 6.92 Å². The average Bonchev–Trinajstić information content (AvgIpc) is 2.88.